The van der Waals surface area contributed by atoms with Crippen molar-refractivity contribution < 1.29 is 27.4 Å². The van der Waals surface area contributed by atoms with Gasteiger partial charge in [-0.1, -0.05) is 43.7 Å². The lowest BCUT2D eigenvalue weighted by molar-refractivity contribution is -0.184. The molecule has 1 atom stereocenters. The number of aryl methyl sites for hydroxylation is 1. The highest BCUT2D eigenvalue weighted by Crippen LogP contribution is 2.62. The molecule has 1 aliphatic carbocycles. The minimum absolute atomic E-state index is 0.0162. The third-order valence-corrected chi connectivity index (χ3v) is 9.68. The summed E-state index contributed by atoms with van der Waals surface area (Å²) < 4.78 is 48.5. The molecule has 1 aliphatic heterocycles. The summed E-state index contributed by atoms with van der Waals surface area (Å²) in [4.78, 5) is 18.9. The largest absolute Gasteiger partial charge is 0.500 e. The smallest absolute Gasteiger partial charge is 0.401 e. The summed E-state index contributed by atoms with van der Waals surface area (Å²) in [6.45, 7) is 14.8. The van der Waals surface area contributed by atoms with Gasteiger partial charge in [-0.25, -0.2) is 0 Å². The van der Waals surface area contributed by atoms with Crippen molar-refractivity contribution >= 4 is 16.7 Å². The first-order chi connectivity index (χ1) is 22.8. The first-order valence-electron chi connectivity index (χ1n) is 17.1. The second-order valence-corrected chi connectivity index (χ2v) is 13.5. The Labute approximate surface area is 284 Å². The van der Waals surface area contributed by atoms with Gasteiger partial charge in [0.25, 0.3) is 0 Å². The number of likely N-dealkylation sites (tertiary alicyclic amines) is 1. The van der Waals surface area contributed by atoms with Gasteiger partial charge in [-0.3, -0.25) is 9.78 Å². The normalized spacial score (nSPS) is 16.9. The van der Waals surface area contributed by atoms with E-state index in [9.17, 15) is 18.0 Å². The van der Waals surface area contributed by atoms with Gasteiger partial charge in [-0.15, -0.1) is 0 Å². The lowest BCUT2D eigenvalue weighted by Crippen LogP contribution is -2.31. The molecule has 2 heterocycles. The van der Waals surface area contributed by atoms with Gasteiger partial charge >= 0.3 is 6.18 Å². The highest BCUT2D eigenvalue weighted by atomic mass is 19.4. The number of pyridine rings is 1. The van der Waals surface area contributed by atoms with Crippen LogP contribution in [-0.4, -0.2) is 55.7 Å². The Kier molecular flexibility index (Phi) is 12.5. The first kappa shape index (κ1) is 37.2. The van der Waals surface area contributed by atoms with Crippen LogP contribution in [0.3, 0.4) is 0 Å². The average molecular weight is 665 g/mol. The highest BCUT2D eigenvalue weighted by molar-refractivity contribution is 5.86. The minimum Gasteiger partial charge on any atom is -0.500 e. The molecule has 5 rings (SSSR count). The molecule has 260 valence electrons. The minimum atomic E-state index is -4.22. The monoisotopic (exact) mass is 664 g/mol. The SMILES string of the molecule is C=C(C)/C=C(\OC)C1(C(F)(F)F)CC1.CCC(CCN1CCCCC1)c1cc2cc(-c3ccc(CC(C)=O)c(C)c3)cnc2cc1OC. The van der Waals surface area contributed by atoms with Crippen molar-refractivity contribution in [3.05, 3.63) is 83.3 Å². The van der Waals surface area contributed by atoms with E-state index in [2.05, 4.69) is 61.7 Å². The summed E-state index contributed by atoms with van der Waals surface area (Å²) in [7, 11) is 3.03. The number of piperidine rings is 1. The zero-order valence-electron chi connectivity index (χ0n) is 29.4. The Bertz CT molecular complexity index is 1620. The van der Waals surface area contributed by atoms with Crippen LogP contribution in [0.5, 0.6) is 5.75 Å². The van der Waals surface area contributed by atoms with Crippen molar-refractivity contribution in [1.29, 1.82) is 0 Å². The van der Waals surface area contributed by atoms with Gasteiger partial charge in [-0.05, 0) is 125 Å². The summed E-state index contributed by atoms with van der Waals surface area (Å²) in [5, 5.41) is 1.15. The molecule has 0 radical (unpaired) electrons. The van der Waals surface area contributed by atoms with Gasteiger partial charge in [0, 0.05) is 29.6 Å². The van der Waals surface area contributed by atoms with Crippen molar-refractivity contribution in [1.82, 2.24) is 9.88 Å². The molecule has 0 amide bonds. The fraction of sp³-hybridized carbons (Fsp3) is 0.500. The van der Waals surface area contributed by atoms with Gasteiger partial charge in [0.15, 0.2) is 0 Å². The Morgan fingerprint density at radius 3 is 2.31 bits per heavy atom. The number of ketones is 1. The lowest BCUT2D eigenvalue weighted by Gasteiger charge is -2.28. The number of carbonyl (C=O) groups is 1. The van der Waals surface area contributed by atoms with Gasteiger partial charge in [0.2, 0.25) is 0 Å². The maximum Gasteiger partial charge on any atom is 0.401 e. The maximum absolute atomic E-state index is 12.6. The fourth-order valence-electron chi connectivity index (χ4n) is 6.68. The summed E-state index contributed by atoms with van der Waals surface area (Å²) in [5.74, 6) is 1.59. The van der Waals surface area contributed by atoms with E-state index in [1.165, 1.54) is 51.1 Å². The number of ether oxygens (including phenoxy) is 2. The van der Waals surface area contributed by atoms with Gasteiger partial charge < -0.3 is 14.4 Å². The van der Waals surface area contributed by atoms with Crippen molar-refractivity contribution in [2.45, 2.75) is 91.2 Å². The van der Waals surface area contributed by atoms with E-state index in [0.29, 0.717) is 17.9 Å². The average Bonchev–Trinajstić information content (AvgIpc) is 3.87. The van der Waals surface area contributed by atoms with Crippen LogP contribution < -0.4 is 4.74 Å². The van der Waals surface area contributed by atoms with Gasteiger partial charge in [0.05, 0.1) is 19.7 Å². The van der Waals surface area contributed by atoms with Crippen LogP contribution in [0, 0.1) is 12.3 Å². The maximum atomic E-state index is 12.6. The van der Waals surface area contributed by atoms with E-state index >= 15 is 0 Å². The van der Waals surface area contributed by atoms with Crippen molar-refractivity contribution in [3.8, 4) is 16.9 Å². The van der Waals surface area contributed by atoms with Crippen molar-refractivity contribution in [3.63, 3.8) is 0 Å². The first-order valence-corrected chi connectivity index (χ1v) is 17.1. The number of hydrogen-bond acceptors (Lipinski definition) is 5. The molecule has 48 heavy (non-hydrogen) atoms. The predicted octanol–water partition coefficient (Wildman–Crippen LogP) is 10.2. The molecule has 1 aromatic heterocycles. The molecule has 1 unspecified atom stereocenters. The molecule has 1 saturated carbocycles. The fourth-order valence-corrected chi connectivity index (χ4v) is 6.68. The van der Waals surface area contributed by atoms with Crippen LogP contribution in [0.15, 0.2) is 66.6 Å². The topological polar surface area (TPSA) is 51.7 Å². The number of carbonyl (C=O) groups excluding carboxylic acids is 1. The molecule has 2 aliphatic rings. The lowest BCUT2D eigenvalue weighted by atomic mass is 9.90. The molecule has 5 nitrogen and oxygen atoms in total. The van der Waals surface area contributed by atoms with Gasteiger partial charge in [-0.2, -0.15) is 13.2 Å². The Morgan fingerprint density at radius 2 is 1.77 bits per heavy atom. The molecular weight excluding hydrogens is 613 g/mol. The number of allylic oxidation sites excluding steroid dienone is 3. The number of aromatic nitrogens is 1. The molecule has 2 fully saturated rings. The molecule has 2 aromatic carbocycles. The molecular formula is C40H51F3N2O3. The number of hydrogen-bond donors (Lipinski definition) is 0. The number of nitrogens with zero attached hydrogens (tertiary/aromatic N) is 2. The zero-order valence-corrected chi connectivity index (χ0v) is 29.4. The van der Waals surface area contributed by atoms with Gasteiger partial charge in [0.1, 0.15) is 22.7 Å². The van der Waals surface area contributed by atoms with Crippen molar-refractivity contribution in [2.24, 2.45) is 5.41 Å². The second-order valence-electron chi connectivity index (χ2n) is 13.5. The Balaban J connectivity index is 0.000000312. The quantitative estimate of drug-likeness (QED) is 0.143. The van der Waals surface area contributed by atoms with E-state index < -0.39 is 11.6 Å². The van der Waals surface area contributed by atoms with Crippen LogP contribution in [-0.2, 0) is 16.0 Å². The summed E-state index contributed by atoms with van der Waals surface area (Å²) in [6, 6.07) is 13.0. The standard InChI is InChI=1S/C30H38N2O2.C10H13F3O/c1-5-23(11-14-32-12-7-6-8-13-32)28-18-26-17-27(20-31-29(26)19-30(28)34-4)25-10-9-24(16-22(3)33)21(2)15-25;1-7(2)6-8(14-3)9(4-5-9)10(11,12)13/h9-10,15,17-20,23H,5-8,11-14,16H2,1-4H3;6H,1,4-5H2,2-3H3/b;8-6-. The Hall–Kier alpha value is -3.65. The summed E-state index contributed by atoms with van der Waals surface area (Å²) in [6.07, 6.45) is 6.09. The number of halogens is 3. The van der Waals surface area contributed by atoms with E-state index in [0.717, 1.165) is 58.3 Å². The molecule has 8 heteroatoms. The van der Waals surface area contributed by atoms with Crippen LogP contribution in [0.4, 0.5) is 13.2 Å². The summed E-state index contributed by atoms with van der Waals surface area (Å²) >= 11 is 0. The predicted molar refractivity (Wildman–Crippen MR) is 188 cm³/mol. The molecule has 0 spiro atoms. The molecule has 0 bridgehead atoms. The molecule has 3 aromatic rings. The highest BCUT2D eigenvalue weighted by Gasteiger charge is 2.66. The number of benzene rings is 2. The Morgan fingerprint density at radius 1 is 1.06 bits per heavy atom. The van der Waals surface area contributed by atoms with E-state index in [-0.39, 0.29) is 24.4 Å². The number of rotatable bonds is 12. The van der Waals surface area contributed by atoms with E-state index in [1.54, 1.807) is 21.0 Å². The number of alkyl halides is 3. The number of Topliss-reactive ketones (excluding diaryl/α,β-unsaturated/α-hetero) is 1. The van der Waals surface area contributed by atoms with Crippen LogP contribution in [0.2, 0.25) is 0 Å². The third-order valence-electron chi connectivity index (χ3n) is 9.68. The van der Waals surface area contributed by atoms with E-state index in [1.807, 2.05) is 6.20 Å². The number of methoxy groups -OCH3 is 2. The molecule has 0 N–H and O–H groups in total. The van der Waals surface area contributed by atoms with Crippen LogP contribution >= 0.6 is 0 Å². The van der Waals surface area contributed by atoms with Crippen LogP contribution in [0.25, 0.3) is 22.0 Å². The third kappa shape index (κ3) is 9.07. The van der Waals surface area contributed by atoms with Crippen LogP contribution in [0.1, 0.15) is 88.3 Å². The summed E-state index contributed by atoms with van der Waals surface area (Å²) in [5.41, 5.74) is 5.55. The zero-order chi connectivity index (χ0) is 35.1. The molecule has 1 saturated heterocycles. The van der Waals surface area contributed by atoms with Crippen molar-refractivity contribution in [2.75, 3.05) is 33.9 Å². The second kappa shape index (κ2) is 16.2. The number of fused-ring (bicyclic) bond motifs is 1. The van der Waals surface area contributed by atoms with E-state index in [4.69, 9.17) is 14.5 Å².